The SMILES string of the molecule is C[C@]12CC[C@@H]3c4ccc(OS(=O)(=O)O)cc4C[C@@H](CCCCCCCCC[S@@](=O)CCCC(F)(F)C(F)(F)F)[C@H]3[C@@H]1CC[C@@H]2O. The summed E-state index contributed by atoms with van der Waals surface area (Å²) in [7, 11) is -6.01. The summed E-state index contributed by atoms with van der Waals surface area (Å²) in [5.41, 5.74) is 2.21. The number of hydrogen-bond acceptors (Lipinski definition) is 5. The Hall–Kier alpha value is -1.31. The molecule has 2 saturated carbocycles. The van der Waals surface area contributed by atoms with E-state index < -0.39 is 46.1 Å². The monoisotopic (exact) mass is 686 g/mol. The first-order chi connectivity index (χ1) is 21.0. The van der Waals surface area contributed by atoms with Crippen molar-refractivity contribution < 1.29 is 48.4 Å². The lowest BCUT2D eigenvalue weighted by Gasteiger charge is -2.53. The molecule has 3 aliphatic rings. The Morgan fingerprint density at radius 3 is 2.27 bits per heavy atom. The summed E-state index contributed by atoms with van der Waals surface area (Å²) in [5, 5.41) is 10.9. The molecule has 0 radical (unpaired) electrons. The lowest BCUT2D eigenvalue weighted by atomic mass is 9.52. The summed E-state index contributed by atoms with van der Waals surface area (Å²) >= 11 is 0. The Balaban J connectivity index is 1.22. The molecule has 13 heteroatoms. The van der Waals surface area contributed by atoms with Crippen molar-refractivity contribution in [1.82, 2.24) is 0 Å². The molecule has 0 heterocycles. The second-order valence-corrected chi connectivity index (χ2v) is 16.4. The van der Waals surface area contributed by atoms with Gasteiger partial charge in [-0.1, -0.05) is 51.5 Å². The molecular weight excluding hydrogens is 639 g/mol. The van der Waals surface area contributed by atoms with Crippen molar-refractivity contribution in [2.24, 2.45) is 23.2 Å². The molecule has 3 aliphatic carbocycles. The highest BCUT2D eigenvalue weighted by atomic mass is 32.3. The first kappa shape index (κ1) is 36.5. The third-order valence-electron chi connectivity index (χ3n) is 10.7. The Morgan fingerprint density at radius 2 is 1.60 bits per heavy atom. The van der Waals surface area contributed by atoms with Crippen LogP contribution in [0.5, 0.6) is 5.75 Å². The van der Waals surface area contributed by atoms with E-state index in [2.05, 4.69) is 6.92 Å². The molecule has 0 aromatic heterocycles. The number of unbranched alkanes of at least 4 members (excludes halogenated alkanes) is 6. The maximum Gasteiger partial charge on any atom is 0.453 e. The summed E-state index contributed by atoms with van der Waals surface area (Å²) in [6, 6.07) is 5.30. The summed E-state index contributed by atoms with van der Waals surface area (Å²) in [4.78, 5) is 0. The molecule has 0 saturated heterocycles. The largest absolute Gasteiger partial charge is 0.453 e. The van der Waals surface area contributed by atoms with E-state index in [4.69, 9.17) is 8.74 Å². The fourth-order valence-electron chi connectivity index (χ4n) is 8.45. The van der Waals surface area contributed by atoms with Crippen LogP contribution in [-0.2, 0) is 27.6 Å². The van der Waals surface area contributed by atoms with Crippen molar-refractivity contribution in [2.45, 2.75) is 127 Å². The van der Waals surface area contributed by atoms with Gasteiger partial charge in [-0.25, -0.2) is 0 Å². The average Bonchev–Trinajstić information content (AvgIpc) is 3.24. The van der Waals surface area contributed by atoms with E-state index >= 15 is 0 Å². The summed E-state index contributed by atoms with van der Waals surface area (Å²) in [6.45, 7) is 2.24. The van der Waals surface area contributed by atoms with E-state index in [1.165, 1.54) is 5.56 Å². The number of rotatable bonds is 16. The van der Waals surface area contributed by atoms with Crippen LogP contribution >= 0.6 is 0 Å². The molecule has 0 unspecified atom stereocenters. The van der Waals surface area contributed by atoms with E-state index in [-0.39, 0.29) is 23.0 Å². The van der Waals surface area contributed by atoms with Crippen LogP contribution in [0.2, 0.25) is 0 Å². The van der Waals surface area contributed by atoms with Gasteiger partial charge in [-0.2, -0.15) is 30.4 Å². The summed E-state index contributed by atoms with van der Waals surface area (Å²) < 4.78 is 111. The highest BCUT2D eigenvalue weighted by molar-refractivity contribution is 7.84. The molecule has 1 aromatic carbocycles. The molecule has 2 N–H and O–H groups in total. The topological polar surface area (TPSA) is 101 Å². The molecule has 7 atom stereocenters. The van der Waals surface area contributed by atoms with Crippen LogP contribution in [0, 0.1) is 23.2 Å². The minimum Gasteiger partial charge on any atom is -0.393 e. The minimum atomic E-state index is -5.57. The first-order valence-corrected chi connectivity index (χ1v) is 19.1. The lowest BCUT2D eigenvalue weighted by Crippen LogP contribution is -2.47. The van der Waals surface area contributed by atoms with Crippen LogP contribution < -0.4 is 4.18 Å². The van der Waals surface area contributed by atoms with Gasteiger partial charge in [0.05, 0.1) is 6.10 Å². The number of halogens is 5. The van der Waals surface area contributed by atoms with Crippen molar-refractivity contribution in [3.8, 4) is 5.75 Å². The van der Waals surface area contributed by atoms with E-state index in [1.807, 2.05) is 6.07 Å². The standard InChI is InChI=1S/C32H47F5O6S2/c1-30-17-15-26-25-12-11-24(43-45(40,41)42)21-23(25)20-22(29(26)27(30)13-14-28(30)38)10-7-5-3-2-4-6-8-18-44(39)19-9-16-31(33,34)32(35,36)37/h11-12,21-22,26-29,38H,2-10,13-20H2,1H3,(H,40,41,42)/t22-,26-,27+,28+,29-,30+,44-/m1/s1. The summed E-state index contributed by atoms with van der Waals surface area (Å²) in [5.74, 6) is -2.84. The van der Waals surface area contributed by atoms with Crippen LogP contribution in [0.25, 0.3) is 0 Å². The molecule has 0 amide bonds. The van der Waals surface area contributed by atoms with Gasteiger partial charge in [0, 0.05) is 28.7 Å². The Labute approximate surface area is 266 Å². The molecule has 258 valence electrons. The Morgan fingerprint density at radius 1 is 0.956 bits per heavy atom. The molecule has 0 bridgehead atoms. The predicted octanol–water partition coefficient (Wildman–Crippen LogP) is 8.16. The zero-order chi connectivity index (χ0) is 33.0. The Kier molecular flexibility index (Phi) is 12.1. The molecule has 2 fully saturated rings. The third-order valence-corrected chi connectivity index (χ3v) is 12.6. The van der Waals surface area contributed by atoms with E-state index in [0.717, 1.165) is 82.6 Å². The minimum absolute atomic E-state index is 0.0806. The van der Waals surface area contributed by atoms with Gasteiger partial charge in [0.15, 0.2) is 0 Å². The van der Waals surface area contributed by atoms with Crippen molar-refractivity contribution in [3.63, 3.8) is 0 Å². The highest BCUT2D eigenvalue weighted by Crippen LogP contribution is 2.62. The van der Waals surface area contributed by atoms with E-state index in [1.54, 1.807) is 12.1 Å². The maximum absolute atomic E-state index is 13.0. The third kappa shape index (κ3) is 9.19. The molecule has 1 aromatic rings. The van der Waals surface area contributed by atoms with Crippen molar-refractivity contribution in [3.05, 3.63) is 29.3 Å². The zero-order valence-electron chi connectivity index (χ0n) is 25.9. The Bertz CT molecular complexity index is 1270. The number of aliphatic hydroxyl groups excluding tert-OH is 1. The van der Waals surface area contributed by atoms with Gasteiger partial charge in [-0.05, 0) is 104 Å². The molecule has 45 heavy (non-hydrogen) atoms. The first-order valence-electron chi connectivity index (χ1n) is 16.3. The molecule has 0 spiro atoms. The van der Waals surface area contributed by atoms with Crippen LogP contribution in [0.3, 0.4) is 0 Å². The van der Waals surface area contributed by atoms with Gasteiger partial charge in [0.2, 0.25) is 0 Å². The highest BCUT2D eigenvalue weighted by Gasteiger charge is 2.57. The molecular formula is C32H47F5O6S2. The predicted molar refractivity (Wildman–Crippen MR) is 163 cm³/mol. The van der Waals surface area contributed by atoms with Gasteiger partial charge < -0.3 is 9.29 Å². The van der Waals surface area contributed by atoms with Crippen molar-refractivity contribution in [2.75, 3.05) is 11.5 Å². The number of hydrogen-bond donors (Lipinski definition) is 2. The number of benzene rings is 1. The molecule has 4 rings (SSSR count). The van der Waals surface area contributed by atoms with Crippen LogP contribution in [0.15, 0.2) is 18.2 Å². The van der Waals surface area contributed by atoms with Gasteiger partial charge >= 0.3 is 22.5 Å². The average molecular weight is 687 g/mol. The molecule has 6 nitrogen and oxygen atoms in total. The van der Waals surface area contributed by atoms with Gasteiger partial charge in [0.25, 0.3) is 0 Å². The second kappa shape index (κ2) is 14.8. The van der Waals surface area contributed by atoms with E-state index in [9.17, 15) is 39.7 Å². The second-order valence-electron chi connectivity index (χ2n) is 13.7. The lowest BCUT2D eigenvalue weighted by molar-refractivity contribution is -0.284. The smallest absolute Gasteiger partial charge is 0.393 e. The van der Waals surface area contributed by atoms with Crippen molar-refractivity contribution in [1.29, 1.82) is 0 Å². The van der Waals surface area contributed by atoms with Crippen molar-refractivity contribution >= 4 is 21.2 Å². The van der Waals surface area contributed by atoms with E-state index in [0.29, 0.717) is 35.8 Å². The van der Waals surface area contributed by atoms with Gasteiger partial charge in [-0.3, -0.25) is 8.76 Å². The van der Waals surface area contributed by atoms with Crippen LogP contribution in [-0.4, -0.2) is 52.0 Å². The zero-order valence-corrected chi connectivity index (χ0v) is 27.5. The number of fused-ring (bicyclic) bond motifs is 5. The summed E-state index contributed by atoms with van der Waals surface area (Å²) in [6.07, 6.45) is 4.57. The molecule has 0 aliphatic heterocycles. The van der Waals surface area contributed by atoms with Crippen LogP contribution in [0.4, 0.5) is 22.0 Å². The van der Waals surface area contributed by atoms with Gasteiger partial charge in [-0.15, -0.1) is 0 Å². The quantitative estimate of drug-likeness (QED) is 0.103. The number of alkyl halides is 5. The van der Waals surface area contributed by atoms with Gasteiger partial charge in [0.1, 0.15) is 5.75 Å². The van der Waals surface area contributed by atoms with Crippen LogP contribution in [0.1, 0.15) is 114 Å². The fraction of sp³-hybridized carbons (Fsp3) is 0.812. The maximum atomic E-state index is 13.0. The number of aliphatic hydroxyl groups is 1. The normalized spacial score (nSPS) is 29.1. The fourth-order valence-corrected chi connectivity index (χ4v) is 9.99.